The summed E-state index contributed by atoms with van der Waals surface area (Å²) in [7, 11) is 1.33. The summed E-state index contributed by atoms with van der Waals surface area (Å²) in [4.78, 5) is 23.3. The number of halogens is 3. The number of hydrogen-bond acceptors (Lipinski definition) is 2. The van der Waals surface area contributed by atoms with Crippen LogP contribution in [0.4, 0.5) is 8.78 Å². The number of carbonyl (C=O) groups excluding carboxylic acids is 2. The number of carbonyl (C=O) groups is 2. The van der Waals surface area contributed by atoms with Crippen LogP contribution in [-0.2, 0) is 16.0 Å². The van der Waals surface area contributed by atoms with E-state index in [1.54, 1.807) is 0 Å². The molecule has 98 valence electrons. The fourth-order valence-corrected chi connectivity index (χ4v) is 1.71. The Hall–Kier alpha value is -1.50. The van der Waals surface area contributed by atoms with E-state index >= 15 is 0 Å². The minimum atomic E-state index is -0.823. The number of likely N-dealkylation sites (N-methyl/N-ethyl adjacent to an activating group) is 1. The van der Waals surface area contributed by atoms with E-state index in [9.17, 15) is 18.4 Å². The molecule has 7 heteroatoms. The van der Waals surface area contributed by atoms with Gasteiger partial charge < -0.3 is 10.6 Å². The third-order valence-electron chi connectivity index (χ3n) is 2.29. The zero-order chi connectivity index (χ0) is 13.9. The molecule has 2 amide bonds. The van der Waals surface area contributed by atoms with Crippen molar-refractivity contribution in [2.45, 2.75) is 6.42 Å². The lowest BCUT2D eigenvalue weighted by atomic mass is 10.1. The molecule has 0 aromatic heterocycles. The van der Waals surface area contributed by atoms with E-state index < -0.39 is 29.9 Å². The zero-order valence-electron chi connectivity index (χ0n) is 9.54. The Kier molecular flexibility index (Phi) is 4.77. The molecule has 2 N–H and O–H groups in total. The predicted molar refractivity (Wildman–Crippen MR) is 64.6 cm³/mol. The normalized spacial score (nSPS) is 10.2. The topological polar surface area (TPSA) is 63.4 Å². The fourth-order valence-electron chi connectivity index (χ4n) is 1.34. The van der Waals surface area contributed by atoms with Crippen LogP contribution in [0, 0.1) is 11.6 Å². The molecule has 0 radical (unpaired) electrons. The summed E-state index contributed by atoms with van der Waals surface area (Å²) in [5.74, 6) is -2.92. The molecule has 0 aliphatic carbocycles. The molecular weight excluding hydrogens is 310 g/mol. The van der Waals surface area contributed by atoms with Crippen molar-refractivity contribution in [1.82, 2.24) is 4.90 Å². The maximum atomic E-state index is 13.6. The summed E-state index contributed by atoms with van der Waals surface area (Å²) in [5, 5.41) is 0. The summed E-state index contributed by atoms with van der Waals surface area (Å²) < 4.78 is 27.1. The van der Waals surface area contributed by atoms with Crippen molar-refractivity contribution in [3.05, 3.63) is 33.8 Å². The Bertz CT molecular complexity index is 494. The lowest BCUT2D eigenvalue weighted by Gasteiger charge is -2.15. The molecule has 0 atom stereocenters. The van der Waals surface area contributed by atoms with E-state index in [-0.39, 0.29) is 16.6 Å². The van der Waals surface area contributed by atoms with Crippen LogP contribution >= 0.6 is 15.9 Å². The van der Waals surface area contributed by atoms with Gasteiger partial charge in [0.25, 0.3) is 0 Å². The first-order valence-electron chi connectivity index (χ1n) is 4.97. The number of primary amides is 1. The molecule has 0 aliphatic rings. The number of rotatable bonds is 4. The van der Waals surface area contributed by atoms with E-state index in [0.29, 0.717) is 0 Å². The first-order valence-corrected chi connectivity index (χ1v) is 5.77. The second-order valence-electron chi connectivity index (χ2n) is 3.71. The Labute approximate surface area is 111 Å². The van der Waals surface area contributed by atoms with E-state index in [0.717, 1.165) is 11.0 Å². The van der Waals surface area contributed by atoms with Crippen LogP contribution in [0.25, 0.3) is 0 Å². The molecule has 1 rings (SSSR count). The molecule has 0 saturated heterocycles. The lowest BCUT2D eigenvalue weighted by molar-refractivity contribution is -0.133. The molecule has 0 unspecified atom stereocenters. The van der Waals surface area contributed by atoms with Gasteiger partial charge in [-0.25, -0.2) is 8.78 Å². The lowest BCUT2D eigenvalue weighted by Crippen LogP contribution is -2.36. The summed E-state index contributed by atoms with van der Waals surface area (Å²) in [5.41, 5.74) is 4.58. The van der Waals surface area contributed by atoms with Gasteiger partial charge in [0.05, 0.1) is 17.4 Å². The molecule has 0 spiro atoms. The Morgan fingerprint density at radius 3 is 2.56 bits per heavy atom. The van der Waals surface area contributed by atoms with Crippen molar-refractivity contribution in [2.75, 3.05) is 13.6 Å². The number of nitrogens with zero attached hydrogens (tertiary/aromatic N) is 1. The minimum Gasteiger partial charge on any atom is -0.368 e. The second kappa shape index (κ2) is 5.90. The molecule has 1 aromatic rings. The molecule has 0 aliphatic heterocycles. The summed E-state index contributed by atoms with van der Waals surface area (Å²) in [6.07, 6.45) is -0.471. The van der Waals surface area contributed by atoms with E-state index in [4.69, 9.17) is 5.73 Å². The van der Waals surface area contributed by atoms with Gasteiger partial charge in [0, 0.05) is 12.6 Å². The van der Waals surface area contributed by atoms with Crippen LogP contribution in [-0.4, -0.2) is 30.3 Å². The largest absolute Gasteiger partial charge is 0.368 e. The van der Waals surface area contributed by atoms with Crippen molar-refractivity contribution < 1.29 is 18.4 Å². The third-order valence-corrected chi connectivity index (χ3v) is 2.90. The monoisotopic (exact) mass is 320 g/mol. The predicted octanol–water partition coefficient (Wildman–Crippen LogP) is 1.21. The second-order valence-corrected chi connectivity index (χ2v) is 4.57. The molecule has 0 bridgehead atoms. The van der Waals surface area contributed by atoms with Gasteiger partial charge in [-0.3, -0.25) is 9.59 Å². The Morgan fingerprint density at radius 1 is 1.39 bits per heavy atom. The molecule has 0 fully saturated rings. The van der Waals surface area contributed by atoms with Crippen LogP contribution in [0.1, 0.15) is 5.56 Å². The number of amides is 2. The van der Waals surface area contributed by atoms with E-state index in [2.05, 4.69) is 15.9 Å². The molecule has 0 heterocycles. The van der Waals surface area contributed by atoms with E-state index in [1.807, 2.05) is 0 Å². The van der Waals surface area contributed by atoms with Crippen molar-refractivity contribution in [3.63, 3.8) is 0 Å². The molecule has 0 saturated carbocycles. The van der Waals surface area contributed by atoms with Crippen molar-refractivity contribution in [3.8, 4) is 0 Å². The van der Waals surface area contributed by atoms with E-state index in [1.165, 1.54) is 13.1 Å². The first kappa shape index (κ1) is 14.6. The van der Waals surface area contributed by atoms with Gasteiger partial charge in [-0.2, -0.15) is 0 Å². The summed E-state index contributed by atoms with van der Waals surface area (Å²) in [6, 6.07) is 2.27. The van der Waals surface area contributed by atoms with Crippen molar-refractivity contribution in [2.24, 2.45) is 5.73 Å². The van der Waals surface area contributed by atoms with Gasteiger partial charge in [0.1, 0.15) is 11.6 Å². The highest BCUT2D eigenvalue weighted by Crippen LogP contribution is 2.22. The van der Waals surface area contributed by atoms with Gasteiger partial charge in [0.15, 0.2) is 0 Å². The highest BCUT2D eigenvalue weighted by Gasteiger charge is 2.18. The SMILES string of the molecule is CN(CC(N)=O)C(=O)Cc1c(F)ccc(Br)c1F. The number of hydrogen-bond donors (Lipinski definition) is 1. The Balaban J connectivity index is 2.88. The molecule has 4 nitrogen and oxygen atoms in total. The average Bonchev–Trinajstić information content (AvgIpc) is 2.28. The standard InChI is InChI=1S/C11H11BrF2N2O2/c1-16(5-9(15)17)10(18)4-6-8(13)3-2-7(12)11(6)14/h2-3H,4-5H2,1H3,(H2,15,17). The Morgan fingerprint density at radius 2 is 2.00 bits per heavy atom. The van der Waals surface area contributed by atoms with Crippen molar-refractivity contribution >= 4 is 27.7 Å². The van der Waals surface area contributed by atoms with Crippen LogP contribution in [0.2, 0.25) is 0 Å². The number of benzene rings is 1. The maximum Gasteiger partial charge on any atom is 0.237 e. The zero-order valence-corrected chi connectivity index (χ0v) is 11.1. The third kappa shape index (κ3) is 3.49. The summed E-state index contributed by atoms with van der Waals surface area (Å²) >= 11 is 2.91. The maximum absolute atomic E-state index is 13.6. The molecule has 1 aromatic carbocycles. The van der Waals surface area contributed by atoms with Crippen molar-refractivity contribution in [1.29, 1.82) is 0 Å². The van der Waals surface area contributed by atoms with Crippen LogP contribution < -0.4 is 5.73 Å². The molecule has 18 heavy (non-hydrogen) atoms. The quantitative estimate of drug-likeness (QED) is 0.848. The number of nitrogens with two attached hydrogens (primary N) is 1. The highest BCUT2D eigenvalue weighted by atomic mass is 79.9. The van der Waals surface area contributed by atoms with Gasteiger partial charge in [-0.05, 0) is 28.1 Å². The van der Waals surface area contributed by atoms with Crippen LogP contribution in [0.5, 0.6) is 0 Å². The van der Waals surface area contributed by atoms with Crippen LogP contribution in [0.3, 0.4) is 0 Å². The van der Waals surface area contributed by atoms with Gasteiger partial charge in [-0.1, -0.05) is 0 Å². The highest BCUT2D eigenvalue weighted by molar-refractivity contribution is 9.10. The summed E-state index contributed by atoms with van der Waals surface area (Å²) in [6.45, 7) is -0.296. The minimum absolute atomic E-state index is 0.0734. The smallest absolute Gasteiger partial charge is 0.237 e. The van der Waals surface area contributed by atoms with Gasteiger partial charge in [0.2, 0.25) is 11.8 Å². The van der Waals surface area contributed by atoms with Gasteiger partial charge in [-0.15, -0.1) is 0 Å². The van der Waals surface area contributed by atoms with Crippen LogP contribution in [0.15, 0.2) is 16.6 Å². The first-order chi connectivity index (χ1) is 8.32. The van der Waals surface area contributed by atoms with Gasteiger partial charge >= 0.3 is 0 Å². The molecular formula is C11H11BrF2N2O2. The fraction of sp³-hybridized carbons (Fsp3) is 0.273. The average molecular weight is 321 g/mol.